The summed E-state index contributed by atoms with van der Waals surface area (Å²) in [6.45, 7) is 0.389. The lowest BCUT2D eigenvalue weighted by molar-refractivity contribution is -0.124. The average molecular weight is 483 g/mol. The molecule has 0 aliphatic rings. The normalized spacial score (nSPS) is 11.5. The Kier molecular flexibility index (Phi) is 7.85. The molecule has 3 rings (SSSR count). The van der Waals surface area contributed by atoms with E-state index in [0.29, 0.717) is 29.0 Å². The van der Waals surface area contributed by atoms with Gasteiger partial charge in [-0.15, -0.1) is 0 Å². The standard InChI is InChI=1S/C20H26N12O3/c1-32(9-11-8-25-17-15(26-11)16(21)28-20(22)29-17)12-4-2-10(3-5-12)18(34)27-13(19(35)31-24)6-7-14(33)30-23/h2-5,8,13H,6-7,9,23-24H2,1H3,(H,27,34)(H,30,33)(H,31,35)(H4,21,22,25,28,29)/t13-/m0/s1. The van der Waals surface area contributed by atoms with E-state index in [0.717, 1.165) is 5.69 Å². The monoisotopic (exact) mass is 482 g/mol. The van der Waals surface area contributed by atoms with Crippen molar-refractivity contribution in [2.45, 2.75) is 25.4 Å². The lowest BCUT2D eigenvalue weighted by Gasteiger charge is -2.20. The highest BCUT2D eigenvalue weighted by Gasteiger charge is 2.22. The van der Waals surface area contributed by atoms with Crippen molar-refractivity contribution in [2.75, 3.05) is 23.4 Å². The Hall–Kier alpha value is -4.63. The van der Waals surface area contributed by atoms with E-state index >= 15 is 0 Å². The number of fused-ring (bicyclic) bond motifs is 1. The molecule has 11 N–H and O–H groups in total. The van der Waals surface area contributed by atoms with Crippen molar-refractivity contribution in [3.8, 4) is 0 Å². The van der Waals surface area contributed by atoms with Gasteiger partial charge in [0, 0.05) is 24.7 Å². The summed E-state index contributed by atoms with van der Waals surface area (Å²) in [7, 11) is 1.84. The minimum absolute atomic E-state index is 0.0214. The zero-order chi connectivity index (χ0) is 25.5. The van der Waals surface area contributed by atoms with E-state index in [1.807, 2.05) is 22.8 Å². The Bertz CT molecular complexity index is 1230. The first kappa shape index (κ1) is 25.0. The molecule has 2 aromatic heterocycles. The highest BCUT2D eigenvalue weighted by Crippen LogP contribution is 2.19. The Morgan fingerprint density at radius 2 is 1.74 bits per heavy atom. The zero-order valence-corrected chi connectivity index (χ0v) is 18.9. The molecule has 35 heavy (non-hydrogen) atoms. The van der Waals surface area contributed by atoms with E-state index in [1.165, 1.54) is 0 Å². The molecule has 0 bridgehead atoms. The minimum atomic E-state index is -1.01. The highest BCUT2D eigenvalue weighted by atomic mass is 16.2. The Morgan fingerprint density at radius 3 is 2.40 bits per heavy atom. The van der Waals surface area contributed by atoms with Crippen molar-refractivity contribution in [1.29, 1.82) is 0 Å². The Labute approximate surface area is 199 Å². The summed E-state index contributed by atoms with van der Waals surface area (Å²) < 4.78 is 0. The molecule has 15 heteroatoms. The second kappa shape index (κ2) is 11.0. The van der Waals surface area contributed by atoms with Crippen molar-refractivity contribution in [3.05, 3.63) is 41.7 Å². The van der Waals surface area contributed by atoms with Crippen LogP contribution in [0.25, 0.3) is 11.2 Å². The molecule has 0 unspecified atom stereocenters. The number of nitrogens with zero attached hydrogens (tertiary/aromatic N) is 5. The number of hydrogen-bond donors (Lipinski definition) is 7. The van der Waals surface area contributed by atoms with Gasteiger partial charge in [0.15, 0.2) is 17.0 Å². The second-order valence-electron chi connectivity index (χ2n) is 7.54. The fourth-order valence-electron chi connectivity index (χ4n) is 3.22. The fraction of sp³-hybridized carbons (Fsp3) is 0.250. The van der Waals surface area contributed by atoms with Crippen molar-refractivity contribution < 1.29 is 14.4 Å². The van der Waals surface area contributed by atoms with Crippen molar-refractivity contribution in [2.24, 2.45) is 11.7 Å². The minimum Gasteiger partial charge on any atom is -0.382 e. The van der Waals surface area contributed by atoms with Crippen LogP contribution in [-0.4, -0.2) is 50.7 Å². The molecule has 0 aliphatic heterocycles. The number of hydrazine groups is 2. The number of aromatic nitrogens is 4. The average Bonchev–Trinajstić information content (AvgIpc) is 2.86. The first-order valence-electron chi connectivity index (χ1n) is 10.4. The third-order valence-corrected chi connectivity index (χ3v) is 5.06. The fourth-order valence-corrected chi connectivity index (χ4v) is 3.22. The second-order valence-corrected chi connectivity index (χ2v) is 7.54. The molecule has 0 radical (unpaired) electrons. The molecule has 3 amide bonds. The van der Waals surface area contributed by atoms with E-state index in [2.05, 4.69) is 25.3 Å². The molecule has 0 saturated carbocycles. The van der Waals surface area contributed by atoms with Crippen LogP contribution >= 0.6 is 0 Å². The van der Waals surface area contributed by atoms with Crippen LogP contribution in [0, 0.1) is 0 Å². The van der Waals surface area contributed by atoms with Gasteiger partial charge in [-0.25, -0.2) is 21.7 Å². The van der Waals surface area contributed by atoms with Gasteiger partial charge in [0.25, 0.3) is 11.8 Å². The maximum atomic E-state index is 12.6. The maximum absolute atomic E-state index is 12.6. The topological polar surface area (TPSA) is 246 Å². The highest BCUT2D eigenvalue weighted by molar-refractivity contribution is 5.97. The third-order valence-electron chi connectivity index (χ3n) is 5.06. The molecule has 1 aromatic carbocycles. The first-order valence-corrected chi connectivity index (χ1v) is 10.4. The van der Waals surface area contributed by atoms with Crippen LogP contribution in [-0.2, 0) is 16.1 Å². The molecule has 3 aromatic rings. The predicted octanol–water partition coefficient (Wildman–Crippen LogP) is -1.92. The van der Waals surface area contributed by atoms with Gasteiger partial charge in [-0.3, -0.25) is 25.2 Å². The van der Waals surface area contributed by atoms with Gasteiger partial charge in [-0.05, 0) is 30.7 Å². The number of anilines is 3. The number of nitrogen functional groups attached to an aromatic ring is 2. The number of amides is 3. The van der Waals surface area contributed by atoms with E-state index < -0.39 is 23.8 Å². The van der Waals surface area contributed by atoms with Crippen LogP contribution in [0.1, 0.15) is 28.9 Å². The van der Waals surface area contributed by atoms with Crippen LogP contribution in [0.2, 0.25) is 0 Å². The molecular formula is C20H26N12O3. The quantitative estimate of drug-likeness (QED) is 0.100. The summed E-state index contributed by atoms with van der Waals surface area (Å²) in [5.41, 5.74) is 17.8. The summed E-state index contributed by atoms with van der Waals surface area (Å²) in [6, 6.07) is 5.67. The SMILES string of the molecule is CN(Cc1cnc2nc(N)nc(N)c2n1)c1ccc(C(=O)N[C@@H](CCC(=O)NN)C(=O)NN)cc1. The summed E-state index contributed by atoms with van der Waals surface area (Å²) in [5, 5.41) is 2.56. The van der Waals surface area contributed by atoms with E-state index in [9.17, 15) is 14.4 Å². The molecule has 0 saturated heterocycles. The smallest absolute Gasteiger partial charge is 0.256 e. The van der Waals surface area contributed by atoms with Crippen LogP contribution in [0.4, 0.5) is 17.5 Å². The van der Waals surface area contributed by atoms with Crippen LogP contribution in [0.15, 0.2) is 30.5 Å². The number of hydrogen-bond acceptors (Lipinski definition) is 12. The number of carbonyl (C=O) groups excluding carboxylic acids is 3. The van der Waals surface area contributed by atoms with Gasteiger partial charge in [0.1, 0.15) is 6.04 Å². The van der Waals surface area contributed by atoms with Gasteiger partial charge >= 0.3 is 0 Å². The molecule has 2 heterocycles. The molecule has 0 fully saturated rings. The number of nitrogens with two attached hydrogens (primary N) is 4. The molecule has 1 atom stereocenters. The third kappa shape index (κ3) is 6.24. The van der Waals surface area contributed by atoms with Crippen LogP contribution in [0.3, 0.4) is 0 Å². The summed E-state index contributed by atoms with van der Waals surface area (Å²) in [6.07, 6.45) is 1.52. The number of carbonyl (C=O) groups is 3. The summed E-state index contributed by atoms with van der Waals surface area (Å²) in [5.74, 6) is 8.77. The molecule has 184 valence electrons. The molecule has 0 spiro atoms. The van der Waals surface area contributed by atoms with Crippen molar-refractivity contribution >= 4 is 46.3 Å². The predicted molar refractivity (Wildman–Crippen MR) is 128 cm³/mol. The largest absolute Gasteiger partial charge is 0.382 e. The van der Waals surface area contributed by atoms with E-state index in [1.54, 1.807) is 30.5 Å². The number of rotatable bonds is 9. The van der Waals surface area contributed by atoms with Crippen LogP contribution < -0.4 is 44.2 Å². The molecule has 0 aliphatic carbocycles. The number of benzene rings is 1. The van der Waals surface area contributed by atoms with E-state index in [-0.39, 0.29) is 24.6 Å². The van der Waals surface area contributed by atoms with Gasteiger partial charge < -0.3 is 21.7 Å². The van der Waals surface area contributed by atoms with Crippen LogP contribution in [0.5, 0.6) is 0 Å². The number of nitrogens with one attached hydrogen (secondary N) is 3. The molecule has 15 nitrogen and oxygen atoms in total. The lowest BCUT2D eigenvalue weighted by Crippen LogP contribution is -2.49. The van der Waals surface area contributed by atoms with Crippen molar-refractivity contribution in [3.63, 3.8) is 0 Å². The lowest BCUT2D eigenvalue weighted by atomic mass is 10.1. The first-order chi connectivity index (χ1) is 16.7. The maximum Gasteiger partial charge on any atom is 0.256 e. The van der Waals surface area contributed by atoms with Gasteiger partial charge in [-0.2, -0.15) is 9.97 Å². The van der Waals surface area contributed by atoms with Gasteiger partial charge in [0.2, 0.25) is 11.9 Å². The Morgan fingerprint density at radius 1 is 1.03 bits per heavy atom. The van der Waals surface area contributed by atoms with Gasteiger partial charge in [-0.1, -0.05) is 0 Å². The Balaban J connectivity index is 1.67. The zero-order valence-electron chi connectivity index (χ0n) is 18.9. The van der Waals surface area contributed by atoms with Gasteiger partial charge in [0.05, 0.1) is 18.4 Å². The summed E-state index contributed by atoms with van der Waals surface area (Å²) in [4.78, 5) is 54.5. The summed E-state index contributed by atoms with van der Waals surface area (Å²) >= 11 is 0. The van der Waals surface area contributed by atoms with E-state index in [4.69, 9.17) is 23.2 Å². The van der Waals surface area contributed by atoms with Crippen molar-refractivity contribution in [1.82, 2.24) is 36.1 Å². The molecular weight excluding hydrogens is 456 g/mol.